The van der Waals surface area contributed by atoms with E-state index >= 15 is 0 Å². The molecule has 1 aromatic carbocycles. The SMILES string of the molecule is N#Cc1ccc(N[C@H]2CCC[C@@H]2O)cc1C(F)(F)F. The van der Waals surface area contributed by atoms with E-state index in [9.17, 15) is 18.3 Å². The molecule has 0 bridgehead atoms. The van der Waals surface area contributed by atoms with Crippen LogP contribution in [-0.4, -0.2) is 17.3 Å². The van der Waals surface area contributed by atoms with Crippen LogP contribution < -0.4 is 5.32 Å². The number of rotatable bonds is 2. The minimum atomic E-state index is -4.56. The van der Waals surface area contributed by atoms with Crippen LogP contribution in [0.15, 0.2) is 18.2 Å². The lowest BCUT2D eigenvalue weighted by Gasteiger charge is -2.19. The number of nitrogens with one attached hydrogen (secondary N) is 1. The van der Waals surface area contributed by atoms with Gasteiger partial charge in [-0.1, -0.05) is 0 Å². The molecule has 1 aromatic rings. The summed E-state index contributed by atoms with van der Waals surface area (Å²) in [7, 11) is 0. The molecule has 2 atom stereocenters. The zero-order valence-electron chi connectivity index (χ0n) is 10.0. The van der Waals surface area contributed by atoms with Crippen molar-refractivity contribution in [3.05, 3.63) is 29.3 Å². The van der Waals surface area contributed by atoms with Gasteiger partial charge in [-0.05, 0) is 37.5 Å². The highest BCUT2D eigenvalue weighted by molar-refractivity contribution is 5.53. The van der Waals surface area contributed by atoms with Crippen LogP contribution in [0.3, 0.4) is 0 Å². The van der Waals surface area contributed by atoms with Gasteiger partial charge in [-0.3, -0.25) is 0 Å². The topological polar surface area (TPSA) is 56.0 Å². The second-order valence-electron chi connectivity index (χ2n) is 4.62. The minimum Gasteiger partial charge on any atom is -0.391 e. The summed E-state index contributed by atoms with van der Waals surface area (Å²) in [5.74, 6) is 0. The van der Waals surface area contributed by atoms with E-state index in [-0.39, 0.29) is 11.7 Å². The predicted molar refractivity (Wildman–Crippen MR) is 63.4 cm³/mol. The maximum atomic E-state index is 12.8. The molecular weight excluding hydrogens is 257 g/mol. The molecule has 2 rings (SSSR count). The van der Waals surface area contributed by atoms with E-state index in [1.54, 1.807) is 0 Å². The van der Waals surface area contributed by atoms with Crippen LogP contribution in [0.1, 0.15) is 30.4 Å². The number of nitrogens with zero attached hydrogens (tertiary/aromatic N) is 1. The summed E-state index contributed by atoms with van der Waals surface area (Å²) in [6, 6.07) is 4.80. The average molecular weight is 270 g/mol. The van der Waals surface area contributed by atoms with Gasteiger partial charge in [0.05, 0.1) is 29.3 Å². The molecule has 6 heteroatoms. The molecule has 0 unspecified atom stereocenters. The maximum Gasteiger partial charge on any atom is 0.417 e. The predicted octanol–water partition coefficient (Wildman–Crippen LogP) is 2.90. The highest BCUT2D eigenvalue weighted by Crippen LogP contribution is 2.34. The lowest BCUT2D eigenvalue weighted by Crippen LogP contribution is -2.28. The first-order chi connectivity index (χ1) is 8.91. The first-order valence-electron chi connectivity index (χ1n) is 5.98. The highest BCUT2D eigenvalue weighted by Gasteiger charge is 2.34. The van der Waals surface area contributed by atoms with E-state index in [0.29, 0.717) is 6.42 Å². The number of anilines is 1. The fourth-order valence-corrected chi connectivity index (χ4v) is 2.29. The molecule has 0 aliphatic heterocycles. The molecule has 0 aromatic heterocycles. The van der Waals surface area contributed by atoms with Crippen LogP contribution in [0.4, 0.5) is 18.9 Å². The second-order valence-corrected chi connectivity index (χ2v) is 4.62. The van der Waals surface area contributed by atoms with Crippen LogP contribution >= 0.6 is 0 Å². The second kappa shape index (κ2) is 5.10. The molecule has 0 heterocycles. The van der Waals surface area contributed by atoms with Gasteiger partial charge < -0.3 is 10.4 Å². The van der Waals surface area contributed by atoms with Crippen LogP contribution in [0.5, 0.6) is 0 Å². The number of benzene rings is 1. The smallest absolute Gasteiger partial charge is 0.391 e. The van der Waals surface area contributed by atoms with E-state index < -0.39 is 23.4 Å². The van der Waals surface area contributed by atoms with Gasteiger partial charge in [0.2, 0.25) is 0 Å². The van der Waals surface area contributed by atoms with Crippen molar-refractivity contribution in [1.29, 1.82) is 5.26 Å². The highest BCUT2D eigenvalue weighted by atomic mass is 19.4. The zero-order chi connectivity index (χ0) is 14.0. The molecule has 0 spiro atoms. The maximum absolute atomic E-state index is 12.8. The summed E-state index contributed by atoms with van der Waals surface area (Å²) in [6.45, 7) is 0. The number of halogens is 3. The number of aliphatic hydroxyl groups excluding tert-OH is 1. The molecule has 0 radical (unpaired) electrons. The van der Waals surface area contributed by atoms with Crippen molar-refractivity contribution >= 4 is 5.69 Å². The zero-order valence-corrected chi connectivity index (χ0v) is 10.0. The molecule has 3 nitrogen and oxygen atoms in total. The number of hydrogen-bond donors (Lipinski definition) is 2. The molecular formula is C13H13F3N2O. The van der Waals surface area contributed by atoms with Crippen molar-refractivity contribution in [2.75, 3.05) is 5.32 Å². The van der Waals surface area contributed by atoms with Crippen molar-refractivity contribution in [2.45, 2.75) is 37.6 Å². The number of alkyl halides is 3. The molecule has 1 saturated carbocycles. The average Bonchev–Trinajstić information content (AvgIpc) is 2.74. The van der Waals surface area contributed by atoms with Crippen LogP contribution in [0, 0.1) is 11.3 Å². The van der Waals surface area contributed by atoms with Crippen LogP contribution in [-0.2, 0) is 6.18 Å². The van der Waals surface area contributed by atoms with Crippen molar-refractivity contribution in [3.8, 4) is 6.07 Å². The largest absolute Gasteiger partial charge is 0.417 e. The Morgan fingerprint density at radius 2 is 2.05 bits per heavy atom. The summed E-state index contributed by atoms with van der Waals surface area (Å²) in [6.07, 6.45) is -2.87. The first kappa shape index (κ1) is 13.7. The Kier molecular flexibility index (Phi) is 3.67. The Labute approximate surface area is 108 Å². The summed E-state index contributed by atoms with van der Waals surface area (Å²) < 4.78 is 38.3. The van der Waals surface area contributed by atoms with Gasteiger partial charge in [-0.2, -0.15) is 18.4 Å². The monoisotopic (exact) mass is 270 g/mol. The van der Waals surface area contributed by atoms with E-state index in [2.05, 4.69) is 5.32 Å². The van der Waals surface area contributed by atoms with E-state index in [0.717, 1.165) is 25.0 Å². The summed E-state index contributed by atoms with van der Waals surface area (Å²) in [5, 5.41) is 21.2. The Morgan fingerprint density at radius 1 is 1.32 bits per heavy atom. The third-order valence-electron chi connectivity index (χ3n) is 3.28. The quantitative estimate of drug-likeness (QED) is 0.868. The molecule has 102 valence electrons. The summed E-state index contributed by atoms with van der Waals surface area (Å²) in [4.78, 5) is 0. The lowest BCUT2D eigenvalue weighted by atomic mass is 10.1. The molecule has 1 aliphatic carbocycles. The molecule has 1 aliphatic rings. The minimum absolute atomic E-state index is 0.228. The molecule has 0 amide bonds. The lowest BCUT2D eigenvalue weighted by molar-refractivity contribution is -0.137. The Morgan fingerprint density at radius 3 is 2.58 bits per heavy atom. The van der Waals surface area contributed by atoms with E-state index in [1.807, 2.05) is 0 Å². The first-order valence-corrected chi connectivity index (χ1v) is 5.98. The van der Waals surface area contributed by atoms with Gasteiger partial charge in [0.1, 0.15) is 0 Å². The van der Waals surface area contributed by atoms with Crippen molar-refractivity contribution in [3.63, 3.8) is 0 Å². The molecule has 19 heavy (non-hydrogen) atoms. The van der Waals surface area contributed by atoms with Crippen molar-refractivity contribution in [1.82, 2.24) is 0 Å². The third kappa shape index (κ3) is 2.99. The van der Waals surface area contributed by atoms with Gasteiger partial charge >= 0.3 is 6.18 Å². The normalized spacial score (nSPS) is 23.1. The van der Waals surface area contributed by atoms with Crippen molar-refractivity contribution in [2.24, 2.45) is 0 Å². The molecule has 0 saturated heterocycles. The standard InChI is InChI=1S/C13H13F3N2O/c14-13(15,16)10-6-9(5-4-8(10)7-17)18-11-2-1-3-12(11)19/h4-6,11-12,18-19H,1-3H2/t11-,12-/m0/s1. The van der Waals surface area contributed by atoms with Gasteiger partial charge in [0.15, 0.2) is 0 Å². The third-order valence-corrected chi connectivity index (χ3v) is 3.28. The Bertz CT molecular complexity index is 508. The Balaban J connectivity index is 2.26. The van der Waals surface area contributed by atoms with Crippen LogP contribution in [0.2, 0.25) is 0 Å². The fourth-order valence-electron chi connectivity index (χ4n) is 2.29. The van der Waals surface area contributed by atoms with Gasteiger partial charge in [-0.25, -0.2) is 0 Å². The summed E-state index contributed by atoms with van der Waals surface area (Å²) >= 11 is 0. The fraction of sp³-hybridized carbons (Fsp3) is 0.462. The number of aliphatic hydroxyl groups is 1. The van der Waals surface area contributed by atoms with Crippen LogP contribution in [0.25, 0.3) is 0 Å². The van der Waals surface area contributed by atoms with Gasteiger partial charge in [0, 0.05) is 5.69 Å². The molecule has 1 fully saturated rings. The van der Waals surface area contributed by atoms with Gasteiger partial charge in [-0.15, -0.1) is 0 Å². The number of nitriles is 1. The summed E-state index contributed by atoms with van der Waals surface area (Å²) in [5.41, 5.74) is -1.07. The van der Waals surface area contributed by atoms with E-state index in [4.69, 9.17) is 5.26 Å². The van der Waals surface area contributed by atoms with Gasteiger partial charge in [0.25, 0.3) is 0 Å². The van der Waals surface area contributed by atoms with E-state index in [1.165, 1.54) is 12.1 Å². The number of hydrogen-bond acceptors (Lipinski definition) is 3. The Hall–Kier alpha value is -1.74. The molecule has 2 N–H and O–H groups in total. The van der Waals surface area contributed by atoms with Crippen molar-refractivity contribution < 1.29 is 18.3 Å².